The van der Waals surface area contributed by atoms with E-state index >= 15 is 0 Å². The fourth-order valence-corrected chi connectivity index (χ4v) is 4.26. The quantitative estimate of drug-likeness (QED) is 0.166. The first kappa shape index (κ1) is 29.1. The van der Waals surface area contributed by atoms with Gasteiger partial charge >= 0.3 is 0 Å². The van der Waals surface area contributed by atoms with E-state index in [1.807, 2.05) is 24.3 Å². The van der Waals surface area contributed by atoms with Gasteiger partial charge in [-0.1, -0.05) is 104 Å². The van der Waals surface area contributed by atoms with E-state index in [0.717, 1.165) is 36.7 Å². The molecule has 0 amide bonds. The zero-order valence-electron chi connectivity index (χ0n) is 22.8. The van der Waals surface area contributed by atoms with Crippen LogP contribution in [0.3, 0.4) is 0 Å². The molecule has 0 aliphatic carbocycles. The van der Waals surface area contributed by atoms with E-state index in [-0.39, 0.29) is 0 Å². The van der Waals surface area contributed by atoms with Crippen molar-refractivity contribution in [3.63, 3.8) is 0 Å². The molecule has 1 heterocycles. The predicted octanol–water partition coefficient (Wildman–Crippen LogP) is 9.43. The lowest BCUT2D eigenvalue weighted by Gasteiger charge is -2.13. The van der Waals surface area contributed by atoms with Crippen LogP contribution < -0.4 is 9.47 Å². The molecule has 0 radical (unpaired) electrons. The van der Waals surface area contributed by atoms with Crippen molar-refractivity contribution in [2.45, 2.75) is 117 Å². The van der Waals surface area contributed by atoms with Crippen molar-refractivity contribution < 1.29 is 9.47 Å². The van der Waals surface area contributed by atoms with Crippen molar-refractivity contribution in [3.05, 3.63) is 36.7 Å². The topological polar surface area (TPSA) is 44.2 Å². The molecule has 1 atom stereocenters. The fourth-order valence-electron chi connectivity index (χ4n) is 4.26. The van der Waals surface area contributed by atoms with Crippen LogP contribution >= 0.6 is 0 Å². The van der Waals surface area contributed by atoms with Crippen molar-refractivity contribution >= 4 is 0 Å². The highest BCUT2D eigenvalue weighted by Gasteiger charge is 2.06. The third-order valence-corrected chi connectivity index (χ3v) is 6.59. The lowest BCUT2D eigenvalue weighted by molar-refractivity contribution is 0.249. The molecule has 0 aliphatic rings. The standard InChI is InChI=1S/C31H50N2O2/c1-4-6-8-10-11-12-13-14-15-17-23-34-30-24-32-31(33-25-30)28-19-21-29(22-20-28)35-26-27(3)18-16-9-7-5-2/h19-22,24-25,27H,4-18,23,26H2,1-3H3. The first-order valence-electron chi connectivity index (χ1n) is 14.4. The number of ether oxygens (including phenoxy) is 2. The molecule has 0 saturated carbocycles. The highest BCUT2D eigenvalue weighted by Crippen LogP contribution is 2.21. The Kier molecular flexibility index (Phi) is 15.9. The number of unbranched alkanes of at least 4 members (excludes halogenated alkanes) is 12. The van der Waals surface area contributed by atoms with E-state index in [1.165, 1.54) is 89.9 Å². The van der Waals surface area contributed by atoms with Gasteiger partial charge in [0.15, 0.2) is 11.6 Å². The molecular formula is C31H50N2O2. The molecule has 0 N–H and O–H groups in total. The normalized spacial score (nSPS) is 12.0. The first-order valence-corrected chi connectivity index (χ1v) is 14.4. The summed E-state index contributed by atoms with van der Waals surface area (Å²) in [6.45, 7) is 8.31. The summed E-state index contributed by atoms with van der Waals surface area (Å²) in [6, 6.07) is 8.08. The van der Waals surface area contributed by atoms with Crippen molar-refractivity contribution in [3.8, 4) is 22.9 Å². The highest BCUT2D eigenvalue weighted by molar-refractivity contribution is 5.56. The van der Waals surface area contributed by atoms with Crippen LogP contribution in [0.15, 0.2) is 36.7 Å². The Bertz CT molecular complexity index is 746. The summed E-state index contributed by atoms with van der Waals surface area (Å²) < 4.78 is 11.8. The molecule has 0 fully saturated rings. The Morgan fingerprint density at radius 1 is 0.629 bits per heavy atom. The lowest BCUT2D eigenvalue weighted by atomic mass is 10.0. The maximum atomic E-state index is 5.98. The third kappa shape index (κ3) is 13.5. The van der Waals surface area contributed by atoms with Crippen LogP contribution in [0.25, 0.3) is 11.4 Å². The van der Waals surface area contributed by atoms with Gasteiger partial charge in [0.2, 0.25) is 0 Å². The second-order valence-corrected chi connectivity index (χ2v) is 10.1. The summed E-state index contributed by atoms with van der Waals surface area (Å²) in [5, 5.41) is 0. The molecule has 0 bridgehead atoms. The van der Waals surface area contributed by atoms with Gasteiger partial charge in [-0.2, -0.15) is 0 Å². The van der Waals surface area contributed by atoms with Gasteiger partial charge in [0.05, 0.1) is 25.6 Å². The SMILES string of the molecule is CCCCCCCCCCCCOc1cnc(-c2ccc(OCC(C)CCCCCC)cc2)nc1. The van der Waals surface area contributed by atoms with Crippen molar-refractivity contribution in [2.75, 3.05) is 13.2 Å². The Labute approximate surface area is 215 Å². The van der Waals surface area contributed by atoms with Gasteiger partial charge in [-0.15, -0.1) is 0 Å². The molecule has 4 nitrogen and oxygen atoms in total. The van der Waals surface area contributed by atoms with E-state index < -0.39 is 0 Å². The average molecular weight is 483 g/mol. The van der Waals surface area contributed by atoms with Crippen molar-refractivity contribution in [1.29, 1.82) is 0 Å². The number of benzene rings is 1. The zero-order valence-corrected chi connectivity index (χ0v) is 22.8. The maximum Gasteiger partial charge on any atom is 0.159 e. The van der Waals surface area contributed by atoms with Gasteiger partial charge < -0.3 is 9.47 Å². The minimum atomic E-state index is 0.586. The highest BCUT2D eigenvalue weighted by atomic mass is 16.5. The van der Waals surface area contributed by atoms with Gasteiger partial charge in [0.1, 0.15) is 5.75 Å². The second kappa shape index (κ2) is 19.1. The predicted molar refractivity (Wildman–Crippen MR) is 148 cm³/mol. The summed E-state index contributed by atoms with van der Waals surface area (Å²) >= 11 is 0. The van der Waals surface area contributed by atoms with E-state index in [1.54, 1.807) is 12.4 Å². The van der Waals surface area contributed by atoms with E-state index in [9.17, 15) is 0 Å². The maximum absolute atomic E-state index is 5.98. The van der Waals surface area contributed by atoms with Crippen molar-refractivity contribution in [1.82, 2.24) is 9.97 Å². The van der Waals surface area contributed by atoms with E-state index in [4.69, 9.17) is 9.47 Å². The number of nitrogens with zero attached hydrogens (tertiary/aromatic N) is 2. The summed E-state index contributed by atoms with van der Waals surface area (Å²) in [5.74, 6) is 2.96. The molecule has 1 aromatic carbocycles. The van der Waals surface area contributed by atoms with Crippen LogP contribution in [0, 0.1) is 5.92 Å². The smallest absolute Gasteiger partial charge is 0.159 e. The fraction of sp³-hybridized carbons (Fsp3) is 0.677. The van der Waals surface area contributed by atoms with Gasteiger partial charge in [-0.05, 0) is 43.0 Å². The van der Waals surface area contributed by atoms with Gasteiger partial charge in [-0.3, -0.25) is 0 Å². The van der Waals surface area contributed by atoms with Crippen LogP contribution in [0.2, 0.25) is 0 Å². The van der Waals surface area contributed by atoms with Crippen LogP contribution in [-0.4, -0.2) is 23.2 Å². The van der Waals surface area contributed by atoms with E-state index in [0.29, 0.717) is 11.7 Å². The minimum Gasteiger partial charge on any atom is -0.493 e. The molecule has 2 aromatic rings. The molecule has 2 rings (SSSR count). The summed E-state index contributed by atoms with van der Waals surface area (Å²) in [6.07, 6.45) is 23.4. The number of aromatic nitrogens is 2. The molecule has 0 spiro atoms. The summed E-state index contributed by atoms with van der Waals surface area (Å²) in [5.41, 5.74) is 0.992. The molecule has 35 heavy (non-hydrogen) atoms. The third-order valence-electron chi connectivity index (χ3n) is 6.59. The summed E-state index contributed by atoms with van der Waals surface area (Å²) in [4.78, 5) is 8.99. The van der Waals surface area contributed by atoms with Gasteiger partial charge in [-0.25, -0.2) is 9.97 Å². The first-order chi connectivity index (χ1) is 17.2. The molecule has 196 valence electrons. The van der Waals surface area contributed by atoms with Gasteiger partial charge in [0.25, 0.3) is 0 Å². The molecule has 0 saturated heterocycles. The lowest BCUT2D eigenvalue weighted by Crippen LogP contribution is -2.08. The average Bonchev–Trinajstić information content (AvgIpc) is 2.89. The molecular weight excluding hydrogens is 432 g/mol. The van der Waals surface area contributed by atoms with Crippen molar-refractivity contribution in [2.24, 2.45) is 5.92 Å². The number of hydrogen-bond acceptors (Lipinski definition) is 4. The van der Waals surface area contributed by atoms with Crippen LogP contribution in [0.4, 0.5) is 0 Å². The monoisotopic (exact) mass is 482 g/mol. The zero-order chi connectivity index (χ0) is 25.0. The molecule has 0 aliphatic heterocycles. The van der Waals surface area contributed by atoms with Crippen LogP contribution in [0.5, 0.6) is 11.5 Å². The number of rotatable bonds is 21. The number of hydrogen-bond donors (Lipinski definition) is 0. The second-order valence-electron chi connectivity index (χ2n) is 10.1. The van der Waals surface area contributed by atoms with Crippen LogP contribution in [-0.2, 0) is 0 Å². The Hall–Kier alpha value is -2.10. The largest absolute Gasteiger partial charge is 0.493 e. The minimum absolute atomic E-state index is 0.586. The molecule has 4 heteroatoms. The molecule has 1 aromatic heterocycles. The Morgan fingerprint density at radius 3 is 1.77 bits per heavy atom. The summed E-state index contributed by atoms with van der Waals surface area (Å²) in [7, 11) is 0. The Morgan fingerprint density at radius 2 is 1.17 bits per heavy atom. The Balaban J connectivity index is 1.59. The molecule has 1 unspecified atom stereocenters. The van der Waals surface area contributed by atoms with Gasteiger partial charge in [0, 0.05) is 5.56 Å². The van der Waals surface area contributed by atoms with E-state index in [2.05, 4.69) is 30.7 Å². The van der Waals surface area contributed by atoms with Crippen LogP contribution in [0.1, 0.15) is 117 Å².